The van der Waals surface area contributed by atoms with Gasteiger partial charge in [-0.25, -0.2) is 4.39 Å². The van der Waals surface area contributed by atoms with Crippen LogP contribution in [0, 0.1) is 5.82 Å². The minimum atomic E-state index is -0.220. The lowest BCUT2D eigenvalue weighted by Crippen LogP contribution is -2.25. The summed E-state index contributed by atoms with van der Waals surface area (Å²) in [6.45, 7) is 2.72. The Morgan fingerprint density at radius 1 is 1.28 bits per heavy atom. The molecule has 0 saturated carbocycles. The summed E-state index contributed by atoms with van der Waals surface area (Å²) in [6.07, 6.45) is 1.90. The third-order valence-electron chi connectivity index (χ3n) is 3.01. The summed E-state index contributed by atoms with van der Waals surface area (Å²) in [5.41, 5.74) is 7.06. The highest BCUT2D eigenvalue weighted by atomic mass is 19.1. The van der Waals surface area contributed by atoms with Gasteiger partial charge >= 0.3 is 0 Å². The van der Waals surface area contributed by atoms with Gasteiger partial charge in [0.2, 0.25) is 0 Å². The maximum atomic E-state index is 12.8. The third-order valence-corrected chi connectivity index (χ3v) is 3.01. The zero-order valence-electron chi connectivity index (χ0n) is 11.2. The van der Waals surface area contributed by atoms with Gasteiger partial charge in [0.05, 0.1) is 0 Å². The fourth-order valence-electron chi connectivity index (χ4n) is 1.83. The molecular formula is C14H23FN2O. The smallest absolute Gasteiger partial charge is 0.123 e. The largest absolute Gasteiger partial charge is 0.385 e. The van der Waals surface area contributed by atoms with Gasteiger partial charge in [0.25, 0.3) is 0 Å². The normalized spacial score (nSPS) is 12.9. The average molecular weight is 254 g/mol. The molecule has 1 unspecified atom stereocenters. The molecule has 0 aliphatic rings. The van der Waals surface area contributed by atoms with Crippen molar-refractivity contribution in [3.8, 4) is 0 Å². The second-order valence-electron chi connectivity index (χ2n) is 4.60. The molecule has 3 nitrogen and oxygen atoms in total. The van der Waals surface area contributed by atoms with Crippen molar-refractivity contribution in [2.75, 3.05) is 33.9 Å². The number of hydrogen-bond acceptors (Lipinski definition) is 3. The Morgan fingerprint density at radius 2 is 1.94 bits per heavy atom. The molecule has 1 aromatic rings. The number of nitrogens with zero attached hydrogens (tertiary/aromatic N) is 1. The molecule has 0 aliphatic heterocycles. The molecule has 0 fully saturated rings. The van der Waals surface area contributed by atoms with Gasteiger partial charge < -0.3 is 15.4 Å². The van der Waals surface area contributed by atoms with Crippen LogP contribution in [-0.2, 0) is 4.74 Å². The average Bonchev–Trinajstić information content (AvgIpc) is 2.37. The number of methoxy groups -OCH3 is 1. The zero-order valence-corrected chi connectivity index (χ0v) is 11.2. The first-order valence-corrected chi connectivity index (χ1v) is 6.32. The third kappa shape index (κ3) is 5.58. The number of halogens is 1. The lowest BCUT2D eigenvalue weighted by atomic mass is 10.0. The van der Waals surface area contributed by atoms with Crippen LogP contribution >= 0.6 is 0 Å². The molecule has 102 valence electrons. The Hall–Kier alpha value is -0.970. The van der Waals surface area contributed by atoms with Gasteiger partial charge in [-0.2, -0.15) is 0 Å². The van der Waals surface area contributed by atoms with E-state index in [1.54, 1.807) is 19.2 Å². The van der Waals surface area contributed by atoms with Gasteiger partial charge in [-0.1, -0.05) is 12.1 Å². The van der Waals surface area contributed by atoms with Gasteiger partial charge in [0.15, 0.2) is 0 Å². The van der Waals surface area contributed by atoms with Crippen molar-refractivity contribution in [1.29, 1.82) is 0 Å². The minimum Gasteiger partial charge on any atom is -0.385 e. The van der Waals surface area contributed by atoms with Crippen LogP contribution in [-0.4, -0.2) is 38.8 Å². The van der Waals surface area contributed by atoms with E-state index < -0.39 is 0 Å². The Balaban J connectivity index is 2.27. The number of hydrogen-bond donors (Lipinski definition) is 1. The highest BCUT2D eigenvalue weighted by Crippen LogP contribution is 2.14. The van der Waals surface area contributed by atoms with Crippen LogP contribution < -0.4 is 5.73 Å². The molecule has 4 heteroatoms. The molecular weight excluding hydrogens is 231 g/mol. The van der Waals surface area contributed by atoms with E-state index in [-0.39, 0.29) is 11.9 Å². The molecule has 0 aliphatic carbocycles. The summed E-state index contributed by atoms with van der Waals surface area (Å²) in [5.74, 6) is -0.220. The number of ether oxygens (including phenoxy) is 1. The second-order valence-corrected chi connectivity index (χ2v) is 4.60. The molecule has 1 aromatic carbocycles. The summed E-state index contributed by atoms with van der Waals surface area (Å²) in [4.78, 5) is 2.24. The first kappa shape index (κ1) is 15.1. The highest BCUT2D eigenvalue weighted by Gasteiger charge is 2.07. The first-order valence-electron chi connectivity index (χ1n) is 6.32. The van der Waals surface area contributed by atoms with Gasteiger partial charge in [-0.3, -0.25) is 0 Å². The predicted molar refractivity (Wildman–Crippen MR) is 71.9 cm³/mol. The summed E-state index contributed by atoms with van der Waals surface area (Å²) in [7, 11) is 3.79. The van der Waals surface area contributed by atoms with Crippen LogP contribution in [0.25, 0.3) is 0 Å². The highest BCUT2D eigenvalue weighted by molar-refractivity contribution is 5.19. The molecule has 0 saturated heterocycles. The fraction of sp³-hybridized carbons (Fsp3) is 0.571. The van der Waals surface area contributed by atoms with E-state index in [0.29, 0.717) is 0 Å². The molecule has 0 spiro atoms. The van der Waals surface area contributed by atoms with Crippen molar-refractivity contribution in [1.82, 2.24) is 4.90 Å². The Kier molecular flexibility index (Phi) is 6.86. The van der Waals surface area contributed by atoms with Crippen molar-refractivity contribution in [2.24, 2.45) is 5.73 Å². The van der Waals surface area contributed by atoms with E-state index >= 15 is 0 Å². The number of rotatable bonds is 8. The molecule has 1 rings (SSSR count). The van der Waals surface area contributed by atoms with E-state index in [9.17, 15) is 4.39 Å². The van der Waals surface area contributed by atoms with Gasteiger partial charge in [-0.05, 0) is 44.1 Å². The van der Waals surface area contributed by atoms with Gasteiger partial charge in [-0.15, -0.1) is 0 Å². The molecule has 0 amide bonds. The predicted octanol–water partition coefficient (Wildman–Crippen LogP) is 2.18. The topological polar surface area (TPSA) is 38.5 Å². The summed E-state index contributed by atoms with van der Waals surface area (Å²) in [6, 6.07) is 6.39. The van der Waals surface area contributed by atoms with E-state index in [0.717, 1.165) is 38.1 Å². The van der Waals surface area contributed by atoms with E-state index in [1.165, 1.54) is 12.1 Å². The maximum Gasteiger partial charge on any atom is 0.123 e. The molecule has 2 N–H and O–H groups in total. The zero-order chi connectivity index (χ0) is 13.4. The van der Waals surface area contributed by atoms with Crippen molar-refractivity contribution < 1.29 is 9.13 Å². The SMILES string of the molecule is COCCCN(C)CCC(N)c1ccc(F)cc1. The summed E-state index contributed by atoms with van der Waals surface area (Å²) in [5, 5.41) is 0. The van der Waals surface area contributed by atoms with Crippen LogP contribution in [0.4, 0.5) is 4.39 Å². The molecule has 18 heavy (non-hydrogen) atoms. The lowest BCUT2D eigenvalue weighted by molar-refractivity contribution is 0.178. The number of benzene rings is 1. The number of nitrogens with two attached hydrogens (primary N) is 1. The molecule has 0 bridgehead atoms. The van der Waals surface area contributed by atoms with Crippen molar-refractivity contribution in [3.05, 3.63) is 35.6 Å². The van der Waals surface area contributed by atoms with Crippen LogP contribution in [0.1, 0.15) is 24.4 Å². The summed E-state index contributed by atoms with van der Waals surface area (Å²) >= 11 is 0. The van der Waals surface area contributed by atoms with E-state index in [4.69, 9.17) is 10.5 Å². The van der Waals surface area contributed by atoms with Gasteiger partial charge in [0, 0.05) is 26.3 Å². The van der Waals surface area contributed by atoms with Crippen molar-refractivity contribution >= 4 is 0 Å². The van der Waals surface area contributed by atoms with E-state index in [1.807, 2.05) is 0 Å². The maximum absolute atomic E-state index is 12.8. The standard InChI is InChI=1S/C14H23FN2O/c1-17(9-3-11-18-2)10-8-14(16)12-4-6-13(15)7-5-12/h4-7,14H,3,8-11,16H2,1-2H3. The van der Waals surface area contributed by atoms with Crippen LogP contribution in [0.15, 0.2) is 24.3 Å². The minimum absolute atomic E-state index is 0.0320. The first-order chi connectivity index (χ1) is 8.63. The Labute approximate surface area is 109 Å². The van der Waals surface area contributed by atoms with Crippen LogP contribution in [0.3, 0.4) is 0 Å². The molecule has 0 radical (unpaired) electrons. The summed E-state index contributed by atoms with van der Waals surface area (Å²) < 4.78 is 17.8. The molecule has 1 atom stereocenters. The van der Waals surface area contributed by atoms with E-state index in [2.05, 4.69) is 11.9 Å². The monoisotopic (exact) mass is 254 g/mol. The van der Waals surface area contributed by atoms with Crippen molar-refractivity contribution in [3.63, 3.8) is 0 Å². The second kappa shape index (κ2) is 8.19. The van der Waals surface area contributed by atoms with Crippen molar-refractivity contribution in [2.45, 2.75) is 18.9 Å². The molecule has 0 heterocycles. The Bertz CT molecular complexity index is 329. The fourth-order valence-corrected chi connectivity index (χ4v) is 1.83. The van der Waals surface area contributed by atoms with Crippen LogP contribution in [0.5, 0.6) is 0 Å². The quantitative estimate of drug-likeness (QED) is 0.723. The Morgan fingerprint density at radius 3 is 2.56 bits per heavy atom. The van der Waals surface area contributed by atoms with Crippen LogP contribution in [0.2, 0.25) is 0 Å². The van der Waals surface area contributed by atoms with Gasteiger partial charge in [0.1, 0.15) is 5.82 Å². The lowest BCUT2D eigenvalue weighted by Gasteiger charge is -2.19. The molecule has 0 aromatic heterocycles.